The summed E-state index contributed by atoms with van der Waals surface area (Å²) in [4.78, 5) is 28.1. The number of halogens is 1. The third-order valence-corrected chi connectivity index (χ3v) is 7.01. The van der Waals surface area contributed by atoms with E-state index in [-0.39, 0.29) is 18.5 Å². The van der Waals surface area contributed by atoms with Crippen LogP contribution in [0.15, 0.2) is 42.5 Å². The number of nitrogens with one attached hydrogen (secondary N) is 1. The highest BCUT2D eigenvalue weighted by Gasteiger charge is 2.32. The van der Waals surface area contributed by atoms with Crippen molar-refractivity contribution in [3.63, 3.8) is 0 Å². The van der Waals surface area contributed by atoms with E-state index in [1.54, 1.807) is 25.1 Å². The van der Waals surface area contributed by atoms with Gasteiger partial charge in [0.05, 0.1) is 11.9 Å². The first-order valence-corrected chi connectivity index (χ1v) is 13.5. The van der Waals surface area contributed by atoms with Crippen LogP contribution in [0.4, 0.5) is 5.69 Å². The lowest BCUT2D eigenvalue weighted by Gasteiger charge is -2.33. The molecule has 2 amide bonds. The molecule has 2 aromatic rings. The molecule has 0 saturated carbocycles. The van der Waals surface area contributed by atoms with Gasteiger partial charge >= 0.3 is 0 Å². The first-order valence-electron chi connectivity index (χ1n) is 11.2. The van der Waals surface area contributed by atoms with Crippen molar-refractivity contribution < 1.29 is 18.0 Å². The van der Waals surface area contributed by atoms with Crippen molar-refractivity contribution in [1.29, 1.82) is 0 Å². The van der Waals surface area contributed by atoms with Gasteiger partial charge in [0.25, 0.3) is 0 Å². The normalized spacial score (nSPS) is 12.4. The van der Waals surface area contributed by atoms with E-state index in [0.29, 0.717) is 22.7 Å². The maximum atomic E-state index is 13.6. The smallest absolute Gasteiger partial charge is 0.244 e. The number of amides is 2. The number of anilines is 1. The van der Waals surface area contributed by atoms with E-state index in [1.807, 2.05) is 52.0 Å². The zero-order valence-corrected chi connectivity index (χ0v) is 22.2. The molecule has 0 saturated heterocycles. The third kappa shape index (κ3) is 7.21. The molecule has 0 fully saturated rings. The second kappa shape index (κ2) is 11.7. The molecule has 0 aromatic heterocycles. The minimum absolute atomic E-state index is 0.0977. The van der Waals surface area contributed by atoms with E-state index in [0.717, 1.165) is 21.7 Å². The Bertz CT molecular complexity index is 1120. The zero-order valence-electron chi connectivity index (χ0n) is 20.6. The summed E-state index contributed by atoms with van der Waals surface area (Å²) in [5.41, 5.74) is 2.81. The monoisotopic (exact) mass is 507 g/mol. The molecule has 7 nitrogen and oxygen atoms in total. The highest BCUT2D eigenvalue weighted by molar-refractivity contribution is 7.92. The first-order chi connectivity index (χ1) is 15.8. The lowest BCUT2D eigenvalue weighted by atomic mass is 10.1. The van der Waals surface area contributed by atoms with Crippen molar-refractivity contribution in [2.24, 2.45) is 0 Å². The SMILES string of the molecule is CCC(C(=O)NC(C)C)N(Cc1ccc(C)cc1)C(=O)CN(c1cccc(Cl)c1C)S(C)(=O)=O. The standard InChI is InChI=1S/C25H34ClN3O4S/c1-7-22(25(31)27-17(2)3)28(15-20-13-11-18(4)12-14-20)24(30)16-29(34(6,32)33)23-10-8-9-21(26)19(23)5/h8-14,17,22H,7,15-16H2,1-6H3,(H,27,31). The summed E-state index contributed by atoms with van der Waals surface area (Å²) in [7, 11) is -3.81. The number of hydrogen-bond acceptors (Lipinski definition) is 4. The predicted molar refractivity (Wildman–Crippen MR) is 137 cm³/mol. The number of nitrogens with zero attached hydrogens (tertiary/aromatic N) is 2. The van der Waals surface area contributed by atoms with Crippen molar-refractivity contribution in [3.05, 3.63) is 64.2 Å². The molecule has 0 spiro atoms. The lowest BCUT2D eigenvalue weighted by molar-refractivity contribution is -0.140. The molecule has 9 heteroatoms. The summed E-state index contributed by atoms with van der Waals surface area (Å²) in [6.07, 6.45) is 1.43. The molecule has 1 N–H and O–H groups in total. The van der Waals surface area contributed by atoms with Crippen molar-refractivity contribution >= 4 is 39.1 Å². The fourth-order valence-electron chi connectivity index (χ4n) is 3.65. The fourth-order valence-corrected chi connectivity index (χ4v) is 4.72. The predicted octanol–water partition coefficient (Wildman–Crippen LogP) is 4.05. The Hall–Kier alpha value is -2.58. The Morgan fingerprint density at radius 1 is 1.06 bits per heavy atom. The Morgan fingerprint density at radius 3 is 2.21 bits per heavy atom. The Labute approximate surface area is 208 Å². The minimum atomic E-state index is -3.81. The van der Waals surface area contributed by atoms with Gasteiger partial charge in [-0.2, -0.15) is 0 Å². The van der Waals surface area contributed by atoms with Gasteiger partial charge in [0.2, 0.25) is 21.8 Å². The van der Waals surface area contributed by atoms with Crippen LogP contribution in [0.2, 0.25) is 5.02 Å². The molecule has 0 radical (unpaired) electrons. The number of hydrogen-bond donors (Lipinski definition) is 1. The van der Waals surface area contributed by atoms with E-state index in [2.05, 4.69) is 5.32 Å². The summed E-state index contributed by atoms with van der Waals surface area (Å²) < 4.78 is 26.4. The molecular formula is C25H34ClN3O4S. The van der Waals surface area contributed by atoms with Crippen molar-refractivity contribution in [1.82, 2.24) is 10.2 Å². The van der Waals surface area contributed by atoms with E-state index in [4.69, 9.17) is 11.6 Å². The lowest BCUT2D eigenvalue weighted by Crippen LogP contribution is -2.53. The number of sulfonamides is 1. The van der Waals surface area contributed by atoms with Crippen molar-refractivity contribution in [2.45, 2.75) is 59.7 Å². The van der Waals surface area contributed by atoms with Crippen LogP contribution in [0.5, 0.6) is 0 Å². The highest BCUT2D eigenvalue weighted by Crippen LogP contribution is 2.28. The molecule has 1 unspecified atom stereocenters. The zero-order chi connectivity index (χ0) is 25.6. The van der Waals surface area contributed by atoms with Gasteiger partial charge in [-0.1, -0.05) is 54.4 Å². The van der Waals surface area contributed by atoms with Crippen LogP contribution in [-0.4, -0.2) is 50.0 Å². The van der Waals surface area contributed by atoms with Crippen LogP contribution >= 0.6 is 11.6 Å². The summed E-state index contributed by atoms with van der Waals surface area (Å²) in [6.45, 7) is 8.93. The van der Waals surface area contributed by atoms with Gasteiger partial charge in [-0.25, -0.2) is 8.42 Å². The number of rotatable bonds is 10. The minimum Gasteiger partial charge on any atom is -0.352 e. The topological polar surface area (TPSA) is 86.8 Å². The van der Waals surface area contributed by atoms with Crippen LogP contribution in [0.3, 0.4) is 0 Å². The quantitative estimate of drug-likeness (QED) is 0.525. The van der Waals surface area contributed by atoms with E-state index >= 15 is 0 Å². The third-order valence-electron chi connectivity index (χ3n) is 5.48. The largest absolute Gasteiger partial charge is 0.352 e. The Balaban J connectivity index is 2.48. The van der Waals surface area contributed by atoms with Gasteiger partial charge in [-0.15, -0.1) is 0 Å². The van der Waals surface area contributed by atoms with Crippen LogP contribution < -0.4 is 9.62 Å². The molecule has 0 heterocycles. The molecule has 186 valence electrons. The Morgan fingerprint density at radius 2 is 1.68 bits per heavy atom. The highest BCUT2D eigenvalue weighted by atomic mass is 35.5. The molecule has 0 aliphatic carbocycles. The van der Waals surface area contributed by atoms with Gasteiger partial charge in [-0.05, 0) is 57.4 Å². The van der Waals surface area contributed by atoms with Gasteiger partial charge in [0, 0.05) is 17.6 Å². The van der Waals surface area contributed by atoms with Crippen LogP contribution in [0, 0.1) is 13.8 Å². The van der Waals surface area contributed by atoms with E-state index in [9.17, 15) is 18.0 Å². The number of carbonyl (C=O) groups is 2. The molecule has 2 aromatic carbocycles. The summed E-state index contributed by atoms with van der Waals surface area (Å²) in [5, 5.41) is 3.27. The van der Waals surface area contributed by atoms with Gasteiger partial charge < -0.3 is 10.2 Å². The summed E-state index contributed by atoms with van der Waals surface area (Å²) >= 11 is 6.22. The maximum Gasteiger partial charge on any atom is 0.244 e. The molecule has 0 aliphatic rings. The summed E-state index contributed by atoms with van der Waals surface area (Å²) in [5.74, 6) is -0.751. The molecule has 34 heavy (non-hydrogen) atoms. The Kier molecular flexibility index (Phi) is 9.53. The molecular weight excluding hydrogens is 474 g/mol. The average molecular weight is 508 g/mol. The second-order valence-corrected chi connectivity index (χ2v) is 11.1. The average Bonchev–Trinajstić information content (AvgIpc) is 2.74. The maximum absolute atomic E-state index is 13.6. The van der Waals surface area contributed by atoms with E-state index in [1.165, 1.54) is 4.90 Å². The van der Waals surface area contributed by atoms with Crippen molar-refractivity contribution in [3.8, 4) is 0 Å². The van der Waals surface area contributed by atoms with Gasteiger partial charge in [0.1, 0.15) is 12.6 Å². The fraction of sp³-hybridized carbons (Fsp3) is 0.440. The molecule has 0 bridgehead atoms. The summed E-state index contributed by atoms with van der Waals surface area (Å²) in [6, 6.07) is 11.7. The second-order valence-electron chi connectivity index (χ2n) is 8.75. The van der Waals surface area contributed by atoms with Crippen LogP contribution in [0.25, 0.3) is 0 Å². The number of carbonyl (C=O) groups excluding carboxylic acids is 2. The van der Waals surface area contributed by atoms with Crippen LogP contribution in [0.1, 0.15) is 43.9 Å². The molecule has 2 rings (SSSR count). The first kappa shape index (κ1) is 27.7. The molecule has 0 aliphatic heterocycles. The number of benzene rings is 2. The molecule has 1 atom stereocenters. The number of aryl methyl sites for hydroxylation is 1. The van der Waals surface area contributed by atoms with E-state index < -0.39 is 28.5 Å². The van der Waals surface area contributed by atoms with Gasteiger partial charge in [0.15, 0.2) is 0 Å². The van der Waals surface area contributed by atoms with Crippen molar-refractivity contribution in [2.75, 3.05) is 17.1 Å². The van der Waals surface area contributed by atoms with Gasteiger partial charge in [-0.3, -0.25) is 13.9 Å². The van der Waals surface area contributed by atoms with Crippen LogP contribution in [-0.2, 0) is 26.2 Å².